The third-order valence-electron chi connectivity index (χ3n) is 4.93. The molecule has 0 radical (unpaired) electrons. The van der Waals surface area contributed by atoms with Gasteiger partial charge in [0.25, 0.3) is 0 Å². The van der Waals surface area contributed by atoms with Gasteiger partial charge in [0.15, 0.2) is 11.5 Å². The predicted octanol–water partition coefficient (Wildman–Crippen LogP) is 3.63. The van der Waals surface area contributed by atoms with Crippen LogP contribution in [-0.4, -0.2) is 32.2 Å². The summed E-state index contributed by atoms with van der Waals surface area (Å²) >= 11 is 0. The van der Waals surface area contributed by atoms with E-state index in [9.17, 15) is 9.18 Å². The molecule has 6 heteroatoms. The molecule has 5 nitrogen and oxygen atoms in total. The fraction of sp³-hybridized carbons (Fsp3) is 0.435. The number of fused-ring (bicyclic) bond motifs is 1. The van der Waals surface area contributed by atoms with Gasteiger partial charge in [0.05, 0.1) is 19.8 Å². The summed E-state index contributed by atoms with van der Waals surface area (Å²) in [6.07, 6.45) is 1.54. The molecule has 2 aromatic carbocycles. The van der Waals surface area contributed by atoms with Crippen LogP contribution in [-0.2, 0) is 11.2 Å². The van der Waals surface area contributed by atoms with Gasteiger partial charge in [-0.25, -0.2) is 4.39 Å². The lowest BCUT2D eigenvalue weighted by Gasteiger charge is -2.23. The van der Waals surface area contributed by atoms with Crippen molar-refractivity contribution in [2.24, 2.45) is 5.92 Å². The van der Waals surface area contributed by atoms with Gasteiger partial charge in [-0.05, 0) is 47.7 Å². The normalized spacial score (nSPS) is 14.3. The van der Waals surface area contributed by atoms with Crippen LogP contribution in [0.1, 0.15) is 37.4 Å². The second-order valence-electron chi connectivity index (χ2n) is 7.59. The number of ether oxygens (including phenoxy) is 2. The molecule has 0 aromatic heterocycles. The summed E-state index contributed by atoms with van der Waals surface area (Å²) in [5.74, 6) is 1.51. The summed E-state index contributed by atoms with van der Waals surface area (Å²) in [6.45, 7) is 6.28. The largest absolute Gasteiger partial charge is 0.490 e. The lowest BCUT2D eigenvalue weighted by molar-refractivity contribution is -0.120. The fourth-order valence-corrected chi connectivity index (χ4v) is 3.37. The Hall–Kier alpha value is -2.60. The Labute approximate surface area is 171 Å². The molecule has 0 aliphatic carbocycles. The zero-order chi connectivity index (χ0) is 20.6. The highest BCUT2D eigenvalue weighted by atomic mass is 19.1. The molecule has 0 saturated heterocycles. The molecule has 0 fully saturated rings. The maximum absolute atomic E-state index is 12.9. The Morgan fingerprint density at radius 3 is 2.52 bits per heavy atom. The molecule has 0 saturated carbocycles. The number of carbonyl (C=O) groups excluding carboxylic acids is 1. The lowest BCUT2D eigenvalue weighted by Crippen LogP contribution is -2.38. The number of benzene rings is 2. The Kier molecular flexibility index (Phi) is 7.47. The minimum Gasteiger partial charge on any atom is -0.490 e. The molecule has 2 N–H and O–H groups in total. The Balaban J connectivity index is 1.52. The summed E-state index contributed by atoms with van der Waals surface area (Å²) < 4.78 is 24.4. The molecule has 1 aliphatic heterocycles. The zero-order valence-corrected chi connectivity index (χ0v) is 17.0. The van der Waals surface area contributed by atoms with Crippen LogP contribution in [0.3, 0.4) is 0 Å². The van der Waals surface area contributed by atoms with Crippen molar-refractivity contribution in [3.63, 3.8) is 0 Å². The van der Waals surface area contributed by atoms with Crippen LogP contribution in [0.25, 0.3) is 0 Å². The summed E-state index contributed by atoms with van der Waals surface area (Å²) in [4.78, 5) is 12.2. The smallest absolute Gasteiger partial charge is 0.233 e. The van der Waals surface area contributed by atoms with E-state index >= 15 is 0 Å². The molecule has 1 aliphatic rings. The first kappa shape index (κ1) is 21.1. The minimum atomic E-state index is -0.253. The van der Waals surface area contributed by atoms with E-state index < -0.39 is 0 Å². The lowest BCUT2D eigenvalue weighted by atomic mass is 9.95. The van der Waals surface area contributed by atoms with E-state index in [0.29, 0.717) is 32.1 Å². The maximum Gasteiger partial charge on any atom is 0.233 e. The van der Waals surface area contributed by atoms with Crippen molar-refractivity contribution in [2.75, 3.05) is 26.3 Å². The van der Waals surface area contributed by atoms with Gasteiger partial charge in [-0.1, -0.05) is 32.0 Å². The first-order valence-electron chi connectivity index (χ1n) is 10.2. The van der Waals surface area contributed by atoms with Gasteiger partial charge >= 0.3 is 0 Å². The molecular formula is C23H29FN2O3. The number of amides is 1. The average molecular weight is 400 g/mol. The van der Waals surface area contributed by atoms with Crippen molar-refractivity contribution in [1.82, 2.24) is 10.6 Å². The van der Waals surface area contributed by atoms with Crippen molar-refractivity contribution in [2.45, 2.75) is 32.7 Å². The zero-order valence-electron chi connectivity index (χ0n) is 17.0. The van der Waals surface area contributed by atoms with Gasteiger partial charge in [0, 0.05) is 19.0 Å². The summed E-state index contributed by atoms with van der Waals surface area (Å²) in [5, 5.41) is 6.27. The van der Waals surface area contributed by atoms with Crippen molar-refractivity contribution in [3.8, 4) is 11.5 Å². The van der Waals surface area contributed by atoms with Crippen molar-refractivity contribution >= 4 is 5.91 Å². The minimum absolute atomic E-state index is 0.0231. The number of nitrogens with one attached hydrogen (secondary N) is 2. The quantitative estimate of drug-likeness (QED) is 0.710. The third kappa shape index (κ3) is 6.19. The van der Waals surface area contributed by atoms with E-state index in [0.717, 1.165) is 29.0 Å². The average Bonchev–Trinajstić information content (AvgIpc) is 2.94. The number of halogens is 1. The first-order valence-corrected chi connectivity index (χ1v) is 10.2. The third-order valence-corrected chi connectivity index (χ3v) is 4.93. The molecule has 0 bridgehead atoms. The fourth-order valence-electron chi connectivity index (χ4n) is 3.37. The molecule has 1 heterocycles. The molecule has 156 valence electrons. The van der Waals surface area contributed by atoms with Gasteiger partial charge in [-0.15, -0.1) is 0 Å². The highest BCUT2D eigenvalue weighted by Gasteiger charge is 2.19. The molecule has 1 atom stereocenters. The topological polar surface area (TPSA) is 59.6 Å². The van der Waals surface area contributed by atoms with E-state index in [1.54, 1.807) is 12.1 Å². The van der Waals surface area contributed by atoms with Crippen LogP contribution in [0, 0.1) is 11.7 Å². The number of rotatable bonds is 8. The SMILES string of the molecule is CC(C)C(NCC(=O)NCCc1ccc(F)cc1)c1ccc2c(c1)OCCCO2. The van der Waals surface area contributed by atoms with E-state index in [2.05, 4.69) is 24.5 Å². The second kappa shape index (κ2) is 10.3. The standard InChI is InChI=1S/C23H29FN2O3/c1-16(2)23(18-6-9-20-21(14-18)29-13-3-12-28-20)26-15-22(27)25-11-10-17-4-7-19(24)8-5-17/h4-9,14,16,23,26H,3,10-13,15H2,1-2H3,(H,25,27). The van der Waals surface area contributed by atoms with E-state index in [-0.39, 0.29) is 24.3 Å². The molecule has 1 unspecified atom stereocenters. The van der Waals surface area contributed by atoms with Gasteiger partial charge < -0.3 is 20.1 Å². The van der Waals surface area contributed by atoms with E-state index in [1.807, 2.05) is 18.2 Å². The number of carbonyl (C=O) groups is 1. The van der Waals surface area contributed by atoms with Gasteiger partial charge in [0.2, 0.25) is 5.91 Å². The van der Waals surface area contributed by atoms with Crippen LogP contribution in [0.5, 0.6) is 11.5 Å². The highest BCUT2D eigenvalue weighted by molar-refractivity contribution is 5.78. The molecular weight excluding hydrogens is 371 g/mol. The van der Waals surface area contributed by atoms with Crippen LogP contribution >= 0.6 is 0 Å². The van der Waals surface area contributed by atoms with Gasteiger partial charge in [0.1, 0.15) is 5.82 Å². The molecule has 29 heavy (non-hydrogen) atoms. The predicted molar refractivity (Wildman–Crippen MR) is 111 cm³/mol. The van der Waals surface area contributed by atoms with Crippen LogP contribution in [0.4, 0.5) is 4.39 Å². The van der Waals surface area contributed by atoms with Crippen LogP contribution in [0.2, 0.25) is 0 Å². The monoisotopic (exact) mass is 400 g/mol. The molecule has 2 aromatic rings. The van der Waals surface area contributed by atoms with Gasteiger partial charge in [-0.2, -0.15) is 0 Å². The van der Waals surface area contributed by atoms with Crippen molar-refractivity contribution < 1.29 is 18.7 Å². The molecule has 0 spiro atoms. The van der Waals surface area contributed by atoms with Crippen molar-refractivity contribution in [1.29, 1.82) is 0 Å². The van der Waals surface area contributed by atoms with E-state index in [1.165, 1.54) is 12.1 Å². The first-order chi connectivity index (χ1) is 14.0. The van der Waals surface area contributed by atoms with Gasteiger partial charge in [-0.3, -0.25) is 4.79 Å². The van der Waals surface area contributed by atoms with Crippen LogP contribution < -0.4 is 20.1 Å². The molecule has 1 amide bonds. The Morgan fingerprint density at radius 1 is 1.07 bits per heavy atom. The Bertz CT molecular complexity index is 808. The maximum atomic E-state index is 12.9. The highest BCUT2D eigenvalue weighted by Crippen LogP contribution is 2.34. The van der Waals surface area contributed by atoms with E-state index in [4.69, 9.17) is 9.47 Å². The Morgan fingerprint density at radius 2 is 1.79 bits per heavy atom. The second-order valence-corrected chi connectivity index (χ2v) is 7.59. The summed E-state index contributed by atoms with van der Waals surface area (Å²) in [7, 11) is 0. The molecule has 3 rings (SSSR count). The number of hydrogen-bond acceptors (Lipinski definition) is 4. The summed E-state index contributed by atoms with van der Waals surface area (Å²) in [5.41, 5.74) is 2.07. The van der Waals surface area contributed by atoms with Crippen molar-refractivity contribution in [3.05, 3.63) is 59.4 Å². The van der Waals surface area contributed by atoms with Crippen LogP contribution in [0.15, 0.2) is 42.5 Å². The summed E-state index contributed by atoms with van der Waals surface area (Å²) in [6, 6.07) is 12.3. The number of hydrogen-bond donors (Lipinski definition) is 2.